The minimum absolute atomic E-state index is 0.00469. The first-order valence-corrected chi connectivity index (χ1v) is 12.0. The largest absolute Gasteiger partial charge is 0.497 e. The van der Waals surface area contributed by atoms with Crippen LogP contribution in [0.15, 0.2) is 48.7 Å². The second-order valence-corrected chi connectivity index (χ2v) is 9.42. The highest BCUT2D eigenvalue weighted by Crippen LogP contribution is 2.37. The average Bonchev–Trinajstić information content (AvgIpc) is 3.20. The first kappa shape index (κ1) is 23.5. The molecule has 1 aliphatic heterocycles. The standard InChI is InChI=1S/C26H26N4O3S/c1-17(18-6-5-8-20(13-18)33-2)12-24(31)29-26-22(15-27)21-9-11-30(16-23(21)34-26)25(32)14-19-7-3-4-10-28-19/h3-8,10,13,17H,9,11-12,14,16H2,1-2H3,(H,29,31)/t17-/m0/s1. The van der Waals surface area contributed by atoms with Crippen LogP contribution in [0.25, 0.3) is 0 Å². The number of anilines is 1. The van der Waals surface area contributed by atoms with E-state index < -0.39 is 0 Å². The molecule has 0 bridgehead atoms. The number of ether oxygens (including phenoxy) is 1. The van der Waals surface area contributed by atoms with Gasteiger partial charge >= 0.3 is 0 Å². The lowest BCUT2D eigenvalue weighted by Crippen LogP contribution is -2.36. The lowest BCUT2D eigenvalue weighted by molar-refractivity contribution is -0.131. The number of carbonyl (C=O) groups excluding carboxylic acids is 2. The highest BCUT2D eigenvalue weighted by molar-refractivity contribution is 7.16. The summed E-state index contributed by atoms with van der Waals surface area (Å²) in [5.41, 5.74) is 3.20. The number of hydrogen-bond acceptors (Lipinski definition) is 6. The summed E-state index contributed by atoms with van der Waals surface area (Å²) in [6.07, 6.45) is 2.81. The van der Waals surface area contributed by atoms with Crippen molar-refractivity contribution in [3.8, 4) is 11.8 Å². The van der Waals surface area contributed by atoms with Crippen molar-refractivity contribution >= 4 is 28.2 Å². The number of carbonyl (C=O) groups is 2. The molecule has 8 heteroatoms. The number of hydrogen-bond donors (Lipinski definition) is 1. The molecule has 3 aromatic rings. The molecule has 0 saturated heterocycles. The van der Waals surface area contributed by atoms with Gasteiger partial charge in [0.15, 0.2) is 0 Å². The Morgan fingerprint density at radius 1 is 1.29 bits per heavy atom. The molecule has 4 rings (SSSR count). The Balaban J connectivity index is 1.43. The third kappa shape index (κ3) is 5.26. The molecule has 7 nitrogen and oxygen atoms in total. The van der Waals surface area contributed by atoms with Gasteiger partial charge in [-0.1, -0.05) is 25.1 Å². The molecule has 2 amide bonds. The molecule has 1 aliphatic rings. The van der Waals surface area contributed by atoms with Crippen LogP contribution in [0.4, 0.5) is 5.00 Å². The molecule has 1 atom stereocenters. The van der Waals surface area contributed by atoms with Gasteiger partial charge in [-0.3, -0.25) is 14.6 Å². The monoisotopic (exact) mass is 474 g/mol. The number of thiophene rings is 1. The van der Waals surface area contributed by atoms with Crippen LogP contribution in [0.1, 0.15) is 46.5 Å². The number of methoxy groups -OCH3 is 1. The summed E-state index contributed by atoms with van der Waals surface area (Å²) in [5, 5.41) is 13.3. The van der Waals surface area contributed by atoms with E-state index in [4.69, 9.17) is 4.74 Å². The summed E-state index contributed by atoms with van der Waals surface area (Å²) in [7, 11) is 1.62. The summed E-state index contributed by atoms with van der Waals surface area (Å²) in [6, 6.07) is 15.5. The number of rotatable bonds is 7. The fraction of sp³-hybridized carbons (Fsp3) is 0.308. The van der Waals surface area contributed by atoms with Crippen molar-refractivity contribution in [2.75, 3.05) is 19.0 Å². The van der Waals surface area contributed by atoms with Gasteiger partial charge in [-0.15, -0.1) is 11.3 Å². The fourth-order valence-corrected chi connectivity index (χ4v) is 5.34. The molecular weight excluding hydrogens is 448 g/mol. The van der Waals surface area contributed by atoms with Gasteiger partial charge in [0.1, 0.15) is 16.8 Å². The lowest BCUT2D eigenvalue weighted by Gasteiger charge is -2.27. The molecule has 174 valence electrons. The van der Waals surface area contributed by atoms with Crippen molar-refractivity contribution in [1.82, 2.24) is 9.88 Å². The number of aromatic nitrogens is 1. The van der Waals surface area contributed by atoms with E-state index in [-0.39, 0.29) is 30.6 Å². The van der Waals surface area contributed by atoms with Crippen molar-refractivity contribution in [2.45, 2.75) is 38.6 Å². The molecule has 0 fully saturated rings. The van der Waals surface area contributed by atoms with E-state index in [1.54, 1.807) is 18.2 Å². The van der Waals surface area contributed by atoms with Crippen LogP contribution in [0, 0.1) is 11.3 Å². The highest BCUT2D eigenvalue weighted by atomic mass is 32.1. The summed E-state index contributed by atoms with van der Waals surface area (Å²) in [5.74, 6) is 0.613. The molecule has 2 aromatic heterocycles. The second kappa shape index (κ2) is 10.5. The fourth-order valence-electron chi connectivity index (χ4n) is 4.11. The average molecular weight is 475 g/mol. The van der Waals surface area contributed by atoms with Crippen LogP contribution in [0.2, 0.25) is 0 Å². The second-order valence-electron chi connectivity index (χ2n) is 8.31. The van der Waals surface area contributed by atoms with Crippen molar-refractivity contribution < 1.29 is 14.3 Å². The Kier molecular flexibility index (Phi) is 7.24. The topological polar surface area (TPSA) is 95.3 Å². The number of benzene rings is 1. The van der Waals surface area contributed by atoms with Gasteiger partial charge in [0.2, 0.25) is 11.8 Å². The van der Waals surface area contributed by atoms with Crippen LogP contribution in [0.5, 0.6) is 5.75 Å². The van der Waals surface area contributed by atoms with E-state index in [1.807, 2.05) is 49.4 Å². The Hall–Kier alpha value is -3.70. The van der Waals surface area contributed by atoms with Gasteiger partial charge in [-0.2, -0.15) is 5.26 Å². The highest BCUT2D eigenvalue weighted by Gasteiger charge is 2.28. The predicted molar refractivity (Wildman–Crippen MR) is 131 cm³/mol. The Labute approximate surface area is 203 Å². The maximum atomic E-state index is 12.8. The summed E-state index contributed by atoms with van der Waals surface area (Å²) >= 11 is 1.39. The molecule has 1 N–H and O–H groups in total. The molecule has 3 heterocycles. The third-order valence-electron chi connectivity index (χ3n) is 5.99. The molecule has 0 unspecified atom stereocenters. The van der Waals surface area contributed by atoms with Crippen LogP contribution in [0.3, 0.4) is 0 Å². The minimum Gasteiger partial charge on any atom is -0.497 e. The molecule has 0 spiro atoms. The number of amides is 2. The van der Waals surface area contributed by atoms with E-state index in [2.05, 4.69) is 16.4 Å². The van der Waals surface area contributed by atoms with Crippen LogP contribution >= 0.6 is 11.3 Å². The molecule has 0 saturated carbocycles. The summed E-state index contributed by atoms with van der Waals surface area (Å²) in [4.78, 5) is 32.5. The van der Waals surface area contributed by atoms with Crippen molar-refractivity contribution in [3.63, 3.8) is 0 Å². The number of nitrogens with one attached hydrogen (secondary N) is 1. The third-order valence-corrected chi connectivity index (χ3v) is 7.12. The van der Waals surface area contributed by atoms with Gasteiger partial charge in [0, 0.05) is 29.7 Å². The maximum Gasteiger partial charge on any atom is 0.228 e. The number of fused-ring (bicyclic) bond motifs is 1. The van der Waals surface area contributed by atoms with E-state index in [0.717, 1.165) is 27.4 Å². The van der Waals surface area contributed by atoms with Gasteiger partial charge in [0.25, 0.3) is 0 Å². The summed E-state index contributed by atoms with van der Waals surface area (Å²) in [6.45, 7) is 2.98. The Bertz CT molecular complexity index is 1230. The zero-order valence-electron chi connectivity index (χ0n) is 19.2. The van der Waals surface area contributed by atoms with Crippen molar-refractivity contribution in [1.29, 1.82) is 5.26 Å². The van der Waals surface area contributed by atoms with E-state index in [0.29, 0.717) is 30.1 Å². The van der Waals surface area contributed by atoms with Gasteiger partial charge < -0.3 is 15.0 Å². The molecule has 0 radical (unpaired) electrons. The van der Waals surface area contributed by atoms with Gasteiger partial charge in [-0.25, -0.2) is 0 Å². The summed E-state index contributed by atoms with van der Waals surface area (Å²) < 4.78 is 5.27. The van der Waals surface area contributed by atoms with E-state index in [9.17, 15) is 14.9 Å². The maximum absolute atomic E-state index is 12.8. The smallest absolute Gasteiger partial charge is 0.228 e. The Morgan fingerprint density at radius 2 is 2.15 bits per heavy atom. The first-order valence-electron chi connectivity index (χ1n) is 11.1. The molecule has 1 aromatic carbocycles. The van der Waals surface area contributed by atoms with E-state index in [1.165, 1.54) is 11.3 Å². The van der Waals surface area contributed by atoms with Crippen LogP contribution < -0.4 is 10.1 Å². The quantitative estimate of drug-likeness (QED) is 0.551. The normalized spacial score (nSPS) is 13.5. The molecular formula is C26H26N4O3S. The van der Waals surface area contributed by atoms with Crippen LogP contribution in [-0.2, 0) is 29.0 Å². The molecule has 0 aliphatic carbocycles. The SMILES string of the molecule is COc1cccc([C@@H](C)CC(=O)Nc2sc3c(c2C#N)CCN(C(=O)Cc2ccccn2)C3)c1. The van der Waals surface area contributed by atoms with E-state index >= 15 is 0 Å². The van der Waals surface area contributed by atoms with Crippen molar-refractivity contribution in [2.24, 2.45) is 0 Å². The Morgan fingerprint density at radius 3 is 2.88 bits per heavy atom. The van der Waals surface area contributed by atoms with Crippen molar-refractivity contribution in [3.05, 3.63) is 75.9 Å². The van der Waals surface area contributed by atoms with Crippen LogP contribution in [-0.4, -0.2) is 35.4 Å². The lowest BCUT2D eigenvalue weighted by atomic mass is 9.97. The number of pyridine rings is 1. The van der Waals surface area contributed by atoms with Gasteiger partial charge in [-0.05, 0) is 47.7 Å². The predicted octanol–water partition coefficient (Wildman–Crippen LogP) is 4.28. The number of nitriles is 1. The van der Waals surface area contributed by atoms with Gasteiger partial charge in [0.05, 0.1) is 25.6 Å². The molecule has 34 heavy (non-hydrogen) atoms. The number of nitrogens with zero attached hydrogens (tertiary/aromatic N) is 3. The zero-order valence-corrected chi connectivity index (χ0v) is 20.0. The first-order chi connectivity index (χ1) is 16.5. The zero-order chi connectivity index (χ0) is 24.1. The minimum atomic E-state index is -0.145.